The van der Waals surface area contributed by atoms with Crippen LogP contribution in [0.1, 0.15) is 6.92 Å². The van der Waals surface area contributed by atoms with E-state index in [0.29, 0.717) is 27.5 Å². The van der Waals surface area contributed by atoms with E-state index in [1.807, 2.05) is 0 Å². The molecule has 301 valence electrons. The fourth-order valence-corrected chi connectivity index (χ4v) is 7.44. The summed E-state index contributed by atoms with van der Waals surface area (Å²) in [5, 5.41) is 47.4. The topological polar surface area (TPSA) is 290 Å². The van der Waals surface area contributed by atoms with E-state index in [4.69, 9.17) is 0 Å². The number of aliphatic imine (C=N–C) groups is 1. The van der Waals surface area contributed by atoms with E-state index in [1.54, 1.807) is 24.3 Å². The third-order valence-corrected chi connectivity index (χ3v) is 11.2. The molecule has 0 amide bonds. The van der Waals surface area contributed by atoms with E-state index >= 15 is 0 Å². The molecule has 5 N–H and O–H groups in total. The molecule has 0 aliphatic rings. The zero-order chi connectivity index (χ0) is 42.3. The van der Waals surface area contributed by atoms with Gasteiger partial charge in [0.15, 0.2) is 5.90 Å². The summed E-state index contributed by atoms with van der Waals surface area (Å²) in [5.41, 5.74) is 1.51. The van der Waals surface area contributed by atoms with Gasteiger partial charge in [0.1, 0.15) is 11.4 Å². The van der Waals surface area contributed by atoms with E-state index < -0.39 is 40.1 Å². The zero-order valence-electron chi connectivity index (χ0n) is 33.0. The number of phenolic OH excluding ortho intramolecular Hbond substituents is 1. The Morgan fingerprint density at radius 1 is 0.435 bits per heavy atom. The fourth-order valence-electron chi connectivity index (χ4n) is 5.91. The molecule has 62 heavy (non-hydrogen) atoms. The Kier molecular flexibility index (Phi) is 16.6. The van der Waals surface area contributed by atoms with Crippen molar-refractivity contribution in [3.63, 3.8) is 0 Å². The maximum absolute atomic E-state index is 12.2. The largest absolute Gasteiger partial charge is 0.506 e. The molecule has 0 aromatic heterocycles. The molecule has 0 spiro atoms. The van der Waals surface area contributed by atoms with E-state index in [9.17, 15) is 49.1 Å². The summed E-state index contributed by atoms with van der Waals surface area (Å²) in [6.45, 7) is 1.42. The number of phenols is 1. The van der Waals surface area contributed by atoms with Crippen LogP contribution in [0, 0.1) is 0 Å². The maximum Gasteiger partial charge on any atom is 0.294 e. The van der Waals surface area contributed by atoms with Gasteiger partial charge in [-0.1, -0.05) is 24.3 Å². The molecular formula is C38H27N7Na3O11S3. The molecule has 7 aromatic carbocycles. The molecule has 3 radical (unpaired) electrons. The predicted molar refractivity (Wildman–Crippen MR) is 235 cm³/mol. The summed E-state index contributed by atoms with van der Waals surface area (Å²) in [7, 11) is -13.9. The summed E-state index contributed by atoms with van der Waals surface area (Å²) in [6.07, 6.45) is 0. The molecule has 0 saturated heterocycles. The van der Waals surface area contributed by atoms with E-state index in [1.165, 1.54) is 73.7 Å². The van der Waals surface area contributed by atoms with Gasteiger partial charge in [0.2, 0.25) is 0 Å². The number of nitrogens with zero attached hydrogens (tertiary/aromatic N) is 7. The molecule has 0 aliphatic carbocycles. The molecule has 0 aliphatic heterocycles. The fraction of sp³-hybridized carbons (Fsp3) is 0.0263. The number of aliphatic hydroxyl groups is 1. The first-order valence-electron chi connectivity index (χ1n) is 16.8. The van der Waals surface area contributed by atoms with Gasteiger partial charge < -0.3 is 10.2 Å². The van der Waals surface area contributed by atoms with Gasteiger partial charge >= 0.3 is 0 Å². The second-order valence-electron chi connectivity index (χ2n) is 12.6. The van der Waals surface area contributed by atoms with Crippen LogP contribution in [0.3, 0.4) is 0 Å². The minimum Gasteiger partial charge on any atom is -0.506 e. The molecule has 0 fully saturated rings. The van der Waals surface area contributed by atoms with Crippen molar-refractivity contribution in [1.82, 2.24) is 0 Å². The summed E-state index contributed by atoms with van der Waals surface area (Å²) >= 11 is 0. The molecule has 0 atom stereocenters. The second-order valence-corrected chi connectivity index (χ2v) is 16.9. The average Bonchev–Trinajstić information content (AvgIpc) is 3.18. The van der Waals surface area contributed by atoms with Crippen LogP contribution >= 0.6 is 0 Å². The van der Waals surface area contributed by atoms with Gasteiger partial charge in [-0.3, -0.25) is 13.7 Å². The Morgan fingerprint density at radius 2 is 0.823 bits per heavy atom. The van der Waals surface area contributed by atoms with Crippen LogP contribution in [0.4, 0.5) is 39.8 Å². The van der Waals surface area contributed by atoms with Crippen molar-refractivity contribution >= 4 is 197 Å². The first-order valence-corrected chi connectivity index (χ1v) is 21.1. The number of rotatable bonds is 10. The Bertz CT molecular complexity index is 3350. The van der Waals surface area contributed by atoms with Gasteiger partial charge in [-0.05, 0) is 96.4 Å². The number of benzene rings is 7. The van der Waals surface area contributed by atoms with Crippen LogP contribution in [0.2, 0.25) is 0 Å². The van der Waals surface area contributed by atoms with Crippen molar-refractivity contribution in [2.45, 2.75) is 21.6 Å². The number of azo groups is 3. The van der Waals surface area contributed by atoms with Crippen LogP contribution in [0.25, 0.3) is 32.3 Å². The number of aromatic hydroxyl groups is 1. The van der Waals surface area contributed by atoms with Crippen molar-refractivity contribution in [2.75, 3.05) is 0 Å². The van der Waals surface area contributed by atoms with Crippen molar-refractivity contribution in [3.05, 3.63) is 115 Å². The SMILES string of the molecule is CC(O)=Nc1ccc(N=Nc2ccc(N=Nc3ccc(N=Nc4c(O)ccc5cc(S(=O)(=O)O)ccc45)c4ccc(S(=O)(=O)O)cc34)c3ccc(S(=O)(=O)O)cc23)cc1.[Na].[Na].[Na]. The molecule has 0 bridgehead atoms. The van der Waals surface area contributed by atoms with Gasteiger partial charge in [-0.25, -0.2) is 4.99 Å². The van der Waals surface area contributed by atoms with Crippen LogP contribution in [-0.4, -0.2) is 144 Å². The van der Waals surface area contributed by atoms with Gasteiger partial charge in [-0.15, -0.1) is 25.6 Å². The molecule has 0 unspecified atom stereocenters. The van der Waals surface area contributed by atoms with Gasteiger partial charge in [0.25, 0.3) is 30.4 Å². The smallest absolute Gasteiger partial charge is 0.294 e. The summed E-state index contributed by atoms with van der Waals surface area (Å²) in [6, 6.07) is 26.1. The summed E-state index contributed by atoms with van der Waals surface area (Å²) in [5.74, 6) is -0.428. The normalized spacial score (nSPS) is 12.5. The molecular weight excluding hydrogens is 896 g/mol. The zero-order valence-corrected chi connectivity index (χ0v) is 41.5. The maximum atomic E-state index is 12.2. The number of fused-ring (bicyclic) bond motifs is 3. The first kappa shape index (κ1) is 50.8. The molecule has 0 heterocycles. The second kappa shape index (κ2) is 20.3. The first-order chi connectivity index (χ1) is 27.8. The molecule has 7 aromatic rings. The Morgan fingerprint density at radius 3 is 1.27 bits per heavy atom. The van der Waals surface area contributed by atoms with E-state index in [0.717, 1.165) is 24.3 Å². The number of hydrogen-bond acceptors (Lipinski definition) is 14. The Labute approximate surface area is 419 Å². The summed E-state index contributed by atoms with van der Waals surface area (Å²) < 4.78 is 101. The standard InChI is InChI=1S/C38H27N7O11S3.3Na/c1-21(46)39-23-3-5-24(6-4-23)40-41-35-15-13-33(29-11-8-26(19-31(29)35)58(51,52)53)42-43-36-16-14-34(30-12-9-27(20-32(30)36)59(54,55)56)44-45-38-28-10-7-25(57(48,49)50)18-22(28)2-17-37(38)47;;;/h2-20,47H,1H3,(H,39,46)(H,48,49,50)(H,51,52,53)(H,54,55,56);;;. The minimum absolute atomic E-state index is 0. The molecule has 24 heteroatoms. The molecule has 0 saturated carbocycles. The van der Waals surface area contributed by atoms with Crippen LogP contribution < -0.4 is 0 Å². The average molecular weight is 923 g/mol. The van der Waals surface area contributed by atoms with Gasteiger partial charge in [0.05, 0.1) is 48.8 Å². The van der Waals surface area contributed by atoms with Crippen molar-refractivity contribution in [1.29, 1.82) is 0 Å². The van der Waals surface area contributed by atoms with Crippen molar-refractivity contribution in [2.24, 2.45) is 35.7 Å². The van der Waals surface area contributed by atoms with Gasteiger partial charge in [0, 0.05) is 123 Å². The van der Waals surface area contributed by atoms with Crippen molar-refractivity contribution in [3.8, 4) is 5.75 Å². The summed E-state index contributed by atoms with van der Waals surface area (Å²) in [4.78, 5) is 2.67. The van der Waals surface area contributed by atoms with E-state index in [2.05, 4.69) is 35.7 Å². The van der Waals surface area contributed by atoms with E-state index in [-0.39, 0.29) is 150 Å². The quantitative estimate of drug-likeness (QED) is 0.0283. The molecule has 7 rings (SSSR count). The van der Waals surface area contributed by atoms with Crippen LogP contribution in [-0.2, 0) is 30.4 Å². The predicted octanol–water partition coefficient (Wildman–Crippen LogP) is 9.30. The van der Waals surface area contributed by atoms with Crippen molar-refractivity contribution < 1.29 is 49.1 Å². The van der Waals surface area contributed by atoms with Gasteiger partial charge in [-0.2, -0.15) is 30.4 Å². The van der Waals surface area contributed by atoms with Crippen LogP contribution in [0.5, 0.6) is 5.75 Å². The number of aliphatic hydroxyl groups excluding tert-OH is 1. The number of hydrogen-bond donors (Lipinski definition) is 5. The monoisotopic (exact) mass is 922 g/mol. The minimum atomic E-state index is -4.70. The molecule has 18 nitrogen and oxygen atoms in total. The third kappa shape index (κ3) is 11.6. The Hall–Kier alpha value is -3.88. The third-order valence-electron chi connectivity index (χ3n) is 8.66. The Balaban J connectivity index is 0.00000282. The van der Waals surface area contributed by atoms with Crippen LogP contribution in [0.15, 0.2) is 166 Å².